The van der Waals surface area contributed by atoms with Gasteiger partial charge in [-0.15, -0.1) is 0 Å². The molecule has 1 N–H and O–H groups in total. The van der Waals surface area contributed by atoms with Gasteiger partial charge in [-0.1, -0.05) is 47.5 Å². The van der Waals surface area contributed by atoms with Gasteiger partial charge < -0.3 is 10.1 Å². The zero-order chi connectivity index (χ0) is 23.7. The molecule has 0 saturated carbocycles. The minimum Gasteiger partial charge on any atom is -0.491 e. The monoisotopic (exact) mass is 440 g/mol. The molecule has 1 aliphatic heterocycles. The number of nitrogens with one attached hydrogen (secondary N) is 1. The molecule has 1 aliphatic rings. The SMILES string of the molecule is Cc1ccc(C2=C(Nc3ccc(OC(C)C)cc3)C(=O)N(c3ccc(C)cc3C)C2=O)cc1. The third kappa shape index (κ3) is 4.53. The normalized spacial score (nSPS) is 13.8. The zero-order valence-corrected chi connectivity index (χ0v) is 19.6. The molecule has 5 heteroatoms. The molecule has 0 fully saturated rings. The molecule has 0 radical (unpaired) electrons. The van der Waals surface area contributed by atoms with Gasteiger partial charge in [-0.3, -0.25) is 9.59 Å². The lowest BCUT2D eigenvalue weighted by Gasteiger charge is -2.18. The number of benzene rings is 3. The van der Waals surface area contributed by atoms with Crippen LogP contribution in [0.25, 0.3) is 5.57 Å². The number of amides is 2. The van der Waals surface area contributed by atoms with Crippen LogP contribution < -0.4 is 15.0 Å². The Morgan fingerprint density at radius 3 is 2.03 bits per heavy atom. The first-order valence-electron chi connectivity index (χ1n) is 11.1. The Balaban J connectivity index is 1.76. The molecule has 3 aromatic rings. The Kier molecular flexibility index (Phi) is 6.05. The third-order valence-corrected chi connectivity index (χ3v) is 5.51. The second-order valence-electron chi connectivity index (χ2n) is 8.67. The van der Waals surface area contributed by atoms with E-state index in [1.54, 1.807) is 0 Å². The Labute approximate surface area is 194 Å². The van der Waals surface area contributed by atoms with Gasteiger partial charge in [-0.25, -0.2) is 4.90 Å². The number of imide groups is 1. The van der Waals surface area contributed by atoms with Gasteiger partial charge in [0, 0.05) is 5.69 Å². The highest BCUT2D eigenvalue weighted by Gasteiger charge is 2.40. The Morgan fingerprint density at radius 2 is 1.42 bits per heavy atom. The van der Waals surface area contributed by atoms with E-state index in [1.807, 2.05) is 101 Å². The lowest BCUT2D eigenvalue weighted by molar-refractivity contribution is -0.120. The van der Waals surface area contributed by atoms with Gasteiger partial charge >= 0.3 is 0 Å². The first-order chi connectivity index (χ1) is 15.7. The molecule has 1 heterocycles. The average molecular weight is 441 g/mol. The first-order valence-corrected chi connectivity index (χ1v) is 11.1. The van der Waals surface area contributed by atoms with Crippen LogP contribution in [0.2, 0.25) is 0 Å². The molecule has 33 heavy (non-hydrogen) atoms. The number of hydrogen-bond acceptors (Lipinski definition) is 4. The summed E-state index contributed by atoms with van der Waals surface area (Å²) in [5.74, 6) is 0.0390. The van der Waals surface area contributed by atoms with E-state index < -0.39 is 0 Å². The first kappa shape index (κ1) is 22.3. The lowest BCUT2D eigenvalue weighted by Crippen LogP contribution is -2.33. The number of aryl methyl sites for hydroxylation is 3. The van der Waals surface area contributed by atoms with Crippen molar-refractivity contribution in [3.8, 4) is 5.75 Å². The van der Waals surface area contributed by atoms with Crippen LogP contribution in [0.4, 0.5) is 11.4 Å². The molecule has 168 valence electrons. The van der Waals surface area contributed by atoms with Crippen LogP contribution in [-0.4, -0.2) is 17.9 Å². The topological polar surface area (TPSA) is 58.6 Å². The molecule has 2 amide bonds. The van der Waals surface area contributed by atoms with E-state index in [2.05, 4.69) is 5.32 Å². The fraction of sp³-hybridized carbons (Fsp3) is 0.214. The van der Waals surface area contributed by atoms with Crippen molar-refractivity contribution >= 4 is 28.8 Å². The summed E-state index contributed by atoms with van der Waals surface area (Å²) in [6, 6.07) is 20.7. The number of ether oxygens (including phenoxy) is 1. The quantitative estimate of drug-likeness (QED) is 0.493. The van der Waals surface area contributed by atoms with E-state index in [0.717, 1.165) is 22.4 Å². The van der Waals surface area contributed by atoms with Crippen molar-refractivity contribution in [2.75, 3.05) is 10.2 Å². The summed E-state index contributed by atoms with van der Waals surface area (Å²) in [5, 5.41) is 3.21. The van der Waals surface area contributed by atoms with Gasteiger partial charge in [0.15, 0.2) is 0 Å². The van der Waals surface area contributed by atoms with Crippen LogP contribution in [0.15, 0.2) is 72.4 Å². The number of nitrogens with zero attached hydrogens (tertiary/aromatic N) is 1. The molecule has 0 aromatic heterocycles. The lowest BCUT2D eigenvalue weighted by atomic mass is 10.0. The van der Waals surface area contributed by atoms with Crippen LogP contribution >= 0.6 is 0 Å². The predicted molar refractivity (Wildman–Crippen MR) is 132 cm³/mol. The summed E-state index contributed by atoms with van der Waals surface area (Å²) in [4.78, 5) is 28.4. The largest absolute Gasteiger partial charge is 0.491 e. The third-order valence-electron chi connectivity index (χ3n) is 5.51. The number of anilines is 2. The highest BCUT2D eigenvalue weighted by atomic mass is 16.5. The van der Waals surface area contributed by atoms with Crippen molar-refractivity contribution in [2.45, 2.75) is 40.7 Å². The standard InChI is InChI=1S/C28H28N2O3/c1-17(2)33-23-13-11-22(12-14-23)29-26-25(21-9-6-18(3)7-10-21)27(31)30(28(26)32)24-15-8-19(4)16-20(24)5/h6-17,29H,1-5H3. The van der Waals surface area contributed by atoms with E-state index in [4.69, 9.17) is 4.74 Å². The second-order valence-corrected chi connectivity index (χ2v) is 8.67. The number of carbonyl (C=O) groups is 2. The number of rotatable bonds is 6. The maximum atomic E-state index is 13.6. The minimum atomic E-state index is -0.370. The van der Waals surface area contributed by atoms with Gasteiger partial charge in [0.1, 0.15) is 11.4 Å². The van der Waals surface area contributed by atoms with Crippen molar-refractivity contribution in [1.29, 1.82) is 0 Å². The van der Waals surface area contributed by atoms with Gasteiger partial charge in [-0.2, -0.15) is 0 Å². The van der Waals surface area contributed by atoms with E-state index in [-0.39, 0.29) is 23.6 Å². The summed E-state index contributed by atoms with van der Waals surface area (Å²) in [6.45, 7) is 9.82. The fourth-order valence-electron chi connectivity index (χ4n) is 3.94. The average Bonchev–Trinajstić information content (AvgIpc) is 3.00. The Bertz CT molecular complexity index is 1240. The van der Waals surface area contributed by atoms with Crippen LogP contribution in [0, 0.1) is 20.8 Å². The summed E-state index contributed by atoms with van der Waals surface area (Å²) in [7, 11) is 0. The summed E-state index contributed by atoms with van der Waals surface area (Å²) in [5.41, 5.74) is 5.66. The molecular weight excluding hydrogens is 412 g/mol. The van der Waals surface area contributed by atoms with E-state index >= 15 is 0 Å². The van der Waals surface area contributed by atoms with Crippen LogP contribution in [0.3, 0.4) is 0 Å². The van der Waals surface area contributed by atoms with Gasteiger partial charge in [-0.05, 0) is 76.1 Å². The molecular formula is C28H28N2O3. The van der Waals surface area contributed by atoms with Crippen molar-refractivity contribution in [3.63, 3.8) is 0 Å². The van der Waals surface area contributed by atoms with Crippen LogP contribution in [0.1, 0.15) is 36.1 Å². The smallest absolute Gasteiger partial charge is 0.282 e. The molecule has 0 atom stereocenters. The van der Waals surface area contributed by atoms with Crippen molar-refractivity contribution in [2.24, 2.45) is 0 Å². The molecule has 4 rings (SSSR count). The second kappa shape index (κ2) is 8.94. The zero-order valence-electron chi connectivity index (χ0n) is 19.6. The van der Waals surface area contributed by atoms with E-state index in [9.17, 15) is 9.59 Å². The maximum absolute atomic E-state index is 13.6. The molecule has 5 nitrogen and oxygen atoms in total. The molecule has 0 aliphatic carbocycles. The number of carbonyl (C=O) groups excluding carboxylic acids is 2. The van der Waals surface area contributed by atoms with E-state index in [1.165, 1.54) is 4.90 Å². The maximum Gasteiger partial charge on any atom is 0.282 e. The summed E-state index contributed by atoms with van der Waals surface area (Å²) in [6.07, 6.45) is 0.0694. The highest BCUT2D eigenvalue weighted by Crippen LogP contribution is 2.35. The van der Waals surface area contributed by atoms with Crippen LogP contribution in [-0.2, 0) is 9.59 Å². The summed E-state index contributed by atoms with van der Waals surface area (Å²) < 4.78 is 5.71. The van der Waals surface area contributed by atoms with Crippen molar-refractivity contribution in [3.05, 3.63) is 94.7 Å². The van der Waals surface area contributed by atoms with Crippen LogP contribution in [0.5, 0.6) is 5.75 Å². The molecule has 0 spiro atoms. The van der Waals surface area contributed by atoms with Gasteiger partial charge in [0.25, 0.3) is 11.8 Å². The Morgan fingerprint density at radius 1 is 0.788 bits per heavy atom. The highest BCUT2D eigenvalue weighted by molar-refractivity contribution is 6.46. The molecule has 0 saturated heterocycles. The van der Waals surface area contributed by atoms with Gasteiger partial charge in [0.2, 0.25) is 0 Å². The molecule has 3 aromatic carbocycles. The van der Waals surface area contributed by atoms with Crippen molar-refractivity contribution < 1.29 is 14.3 Å². The Hall–Kier alpha value is -3.86. The fourth-order valence-corrected chi connectivity index (χ4v) is 3.94. The predicted octanol–water partition coefficient (Wildman–Crippen LogP) is 5.80. The van der Waals surface area contributed by atoms with E-state index in [0.29, 0.717) is 22.5 Å². The molecule has 0 bridgehead atoms. The van der Waals surface area contributed by atoms with Gasteiger partial charge in [0.05, 0.1) is 17.4 Å². The number of hydrogen-bond donors (Lipinski definition) is 1. The minimum absolute atomic E-state index is 0.0694. The summed E-state index contributed by atoms with van der Waals surface area (Å²) >= 11 is 0. The van der Waals surface area contributed by atoms with Crippen molar-refractivity contribution in [1.82, 2.24) is 0 Å². The molecule has 0 unspecified atom stereocenters.